The van der Waals surface area contributed by atoms with Crippen molar-refractivity contribution in [2.24, 2.45) is 0 Å². The van der Waals surface area contributed by atoms with Gasteiger partial charge in [-0.05, 0) is 47.1 Å². The SMILES string of the molecule is Cc1cc(C(Cl)c2ccc(C(C)(C)C)cc2)cc(C)c1F. The van der Waals surface area contributed by atoms with Gasteiger partial charge in [-0.2, -0.15) is 0 Å². The third kappa shape index (κ3) is 3.47. The molecule has 2 heteroatoms. The van der Waals surface area contributed by atoms with Gasteiger partial charge in [-0.3, -0.25) is 0 Å². The molecular weight excluding hydrogens is 283 g/mol. The van der Waals surface area contributed by atoms with E-state index in [1.165, 1.54) is 5.56 Å². The Balaban J connectivity index is 2.34. The van der Waals surface area contributed by atoms with Crippen molar-refractivity contribution >= 4 is 11.6 Å². The third-order valence-electron chi connectivity index (χ3n) is 3.82. The normalized spacial score (nSPS) is 13.3. The molecule has 2 aromatic carbocycles. The highest BCUT2D eigenvalue weighted by Gasteiger charge is 2.17. The second-order valence-corrected chi connectivity index (χ2v) is 7.14. The molecule has 0 radical (unpaired) electrons. The summed E-state index contributed by atoms with van der Waals surface area (Å²) in [5, 5.41) is -0.253. The molecule has 0 nitrogen and oxygen atoms in total. The van der Waals surface area contributed by atoms with Crippen molar-refractivity contribution in [1.29, 1.82) is 0 Å². The summed E-state index contributed by atoms with van der Waals surface area (Å²) in [4.78, 5) is 0. The van der Waals surface area contributed by atoms with Gasteiger partial charge in [0.15, 0.2) is 0 Å². The van der Waals surface area contributed by atoms with Gasteiger partial charge in [0.2, 0.25) is 0 Å². The second kappa shape index (κ2) is 5.81. The molecule has 0 saturated carbocycles. The maximum Gasteiger partial charge on any atom is 0.129 e. The molecule has 0 bridgehead atoms. The van der Waals surface area contributed by atoms with Gasteiger partial charge in [0, 0.05) is 0 Å². The zero-order valence-electron chi connectivity index (χ0n) is 13.3. The highest BCUT2D eigenvalue weighted by Crippen LogP contribution is 2.32. The fourth-order valence-corrected chi connectivity index (χ4v) is 2.74. The lowest BCUT2D eigenvalue weighted by Crippen LogP contribution is -2.10. The number of alkyl halides is 1. The Morgan fingerprint density at radius 3 is 1.81 bits per heavy atom. The zero-order valence-corrected chi connectivity index (χ0v) is 14.1. The molecule has 0 N–H and O–H groups in total. The van der Waals surface area contributed by atoms with E-state index in [1.807, 2.05) is 12.1 Å². The van der Waals surface area contributed by atoms with Crippen LogP contribution in [0.1, 0.15) is 54.0 Å². The molecule has 1 atom stereocenters. The van der Waals surface area contributed by atoms with Gasteiger partial charge in [-0.1, -0.05) is 57.2 Å². The molecule has 0 fully saturated rings. The van der Waals surface area contributed by atoms with Crippen LogP contribution in [0.2, 0.25) is 0 Å². The van der Waals surface area contributed by atoms with E-state index in [2.05, 4.69) is 45.0 Å². The average molecular weight is 305 g/mol. The predicted molar refractivity (Wildman–Crippen MR) is 88.7 cm³/mol. The molecule has 2 rings (SSSR count). The van der Waals surface area contributed by atoms with Crippen LogP contribution in [0.15, 0.2) is 36.4 Å². The standard InChI is InChI=1S/C19H22ClF/c1-12-10-15(11-13(2)18(12)21)17(20)14-6-8-16(9-7-14)19(3,4)5/h6-11,17H,1-5H3. The van der Waals surface area contributed by atoms with Crippen LogP contribution < -0.4 is 0 Å². The number of hydrogen-bond acceptors (Lipinski definition) is 0. The van der Waals surface area contributed by atoms with Crippen molar-refractivity contribution < 1.29 is 4.39 Å². The first-order chi connectivity index (χ1) is 9.70. The summed E-state index contributed by atoms with van der Waals surface area (Å²) in [5.41, 5.74) is 4.67. The van der Waals surface area contributed by atoms with Gasteiger partial charge < -0.3 is 0 Å². The first kappa shape index (κ1) is 16.0. The summed E-state index contributed by atoms with van der Waals surface area (Å²) in [6, 6.07) is 12.0. The van der Waals surface area contributed by atoms with Crippen molar-refractivity contribution in [3.05, 3.63) is 70.0 Å². The van der Waals surface area contributed by atoms with Crippen LogP contribution in [0.4, 0.5) is 4.39 Å². The summed E-state index contributed by atoms with van der Waals surface area (Å²) >= 11 is 6.57. The minimum atomic E-state index is -0.253. The van der Waals surface area contributed by atoms with Crippen LogP contribution in [0.5, 0.6) is 0 Å². The van der Waals surface area contributed by atoms with E-state index in [1.54, 1.807) is 13.8 Å². The van der Waals surface area contributed by atoms with Gasteiger partial charge in [0.05, 0.1) is 5.38 Å². The molecule has 0 aromatic heterocycles. The Hall–Kier alpha value is -1.34. The second-order valence-electron chi connectivity index (χ2n) is 6.70. The van der Waals surface area contributed by atoms with Crippen LogP contribution in [-0.2, 0) is 5.41 Å². The van der Waals surface area contributed by atoms with Crippen molar-refractivity contribution in [3.63, 3.8) is 0 Å². The first-order valence-corrected chi connectivity index (χ1v) is 7.65. The van der Waals surface area contributed by atoms with Gasteiger partial charge in [-0.25, -0.2) is 4.39 Å². The monoisotopic (exact) mass is 304 g/mol. The van der Waals surface area contributed by atoms with E-state index in [-0.39, 0.29) is 16.6 Å². The van der Waals surface area contributed by atoms with E-state index in [0.717, 1.165) is 11.1 Å². The molecule has 0 heterocycles. The van der Waals surface area contributed by atoms with Gasteiger partial charge in [0.1, 0.15) is 5.82 Å². The van der Waals surface area contributed by atoms with Gasteiger partial charge in [0.25, 0.3) is 0 Å². The molecule has 0 spiro atoms. The maximum atomic E-state index is 13.7. The number of aryl methyl sites for hydroxylation is 2. The quantitative estimate of drug-likeness (QED) is 0.591. The highest BCUT2D eigenvalue weighted by atomic mass is 35.5. The Bertz CT molecular complexity index is 613. The van der Waals surface area contributed by atoms with E-state index in [9.17, 15) is 4.39 Å². The molecule has 2 aromatic rings. The summed E-state index contributed by atoms with van der Waals surface area (Å²) in [6.45, 7) is 10.1. The van der Waals surface area contributed by atoms with Crippen LogP contribution in [-0.4, -0.2) is 0 Å². The van der Waals surface area contributed by atoms with E-state index < -0.39 is 0 Å². The number of hydrogen-bond donors (Lipinski definition) is 0. The lowest BCUT2D eigenvalue weighted by Gasteiger charge is -2.20. The smallest absolute Gasteiger partial charge is 0.129 e. The summed E-state index contributed by atoms with van der Waals surface area (Å²) in [6.07, 6.45) is 0. The first-order valence-electron chi connectivity index (χ1n) is 7.21. The van der Waals surface area contributed by atoms with E-state index in [0.29, 0.717) is 11.1 Å². The van der Waals surface area contributed by atoms with Crippen molar-refractivity contribution in [3.8, 4) is 0 Å². The third-order valence-corrected chi connectivity index (χ3v) is 4.32. The van der Waals surface area contributed by atoms with Crippen molar-refractivity contribution in [1.82, 2.24) is 0 Å². The van der Waals surface area contributed by atoms with Crippen LogP contribution in [0, 0.1) is 19.7 Å². The van der Waals surface area contributed by atoms with Crippen LogP contribution in [0.3, 0.4) is 0 Å². The molecule has 21 heavy (non-hydrogen) atoms. The molecular formula is C19H22ClF. The largest absolute Gasteiger partial charge is 0.206 e. The lowest BCUT2D eigenvalue weighted by molar-refractivity contribution is 0.590. The number of halogens is 2. The van der Waals surface area contributed by atoms with E-state index >= 15 is 0 Å². The van der Waals surface area contributed by atoms with Gasteiger partial charge in [-0.15, -0.1) is 11.6 Å². The van der Waals surface area contributed by atoms with Gasteiger partial charge >= 0.3 is 0 Å². The minimum absolute atomic E-state index is 0.128. The molecule has 1 unspecified atom stereocenters. The summed E-state index contributed by atoms with van der Waals surface area (Å²) < 4.78 is 13.7. The fourth-order valence-electron chi connectivity index (χ4n) is 2.47. The predicted octanol–water partition coefficient (Wildman–Crippen LogP) is 6.07. The Kier molecular flexibility index (Phi) is 4.43. The Morgan fingerprint density at radius 1 is 0.905 bits per heavy atom. The Labute approximate surface area is 132 Å². The molecule has 112 valence electrons. The van der Waals surface area contributed by atoms with Crippen LogP contribution in [0.25, 0.3) is 0 Å². The molecule has 0 aliphatic carbocycles. The maximum absolute atomic E-state index is 13.7. The average Bonchev–Trinajstić information content (AvgIpc) is 2.42. The molecule has 0 aliphatic rings. The molecule has 0 amide bonds. The van der Waals surface area contributed by atoms with Crippen molar-refractivity contribution in [2.45, 2.75) is 45.4 Å². The lowest BCUT2D eigenvalue weighted by atomic mass is 9.86. The van der Waals surface area contributed by atoms with Crippen LogP contribution >= 0.6 is 11.6 Å². The van der Waals surface area contributed by atoms with E-state index in [4.69, 9.17) is 11.6 Å². The molecule has 0 aliphatic heterocycles. The minimum Gasteiger partial charge on any atom is -0.206 e. The van der Waals surface area contributed by atoms with Crippen molar-refractivity contribution in [2.75, 3.05) is 0 Å². The molecule has 0 saturated heterocycles. The number of benzene rings is 2. The fraction of sp³-hybridized carbons (Fsp3) is 0.368. The summed E-state index contributed by atoms with van der Waals surface area (Å²) in [5.74, 6) is -0.148. The highest BCUT2D eigenvalue weighted by molar-refractivity contribution is 6.22. The Morgan fingerprint density at radius 2 is 1.38 bits per heavy atom. The number of rotatable bonds is 2. The topological polar surface area (TPSA) is 0 Å². The summed E-state index contributed by atoms with van der Waals surface area (Å²) in [7, 11) is 0. The zero-order chi connectivity index (χ0) is 15.8.